The molecule has 2 N–H and O–H groups in total. The predicted molar refractivity (Wildman–Crippen MR) is 99.0 cm³/mol. The van der Waals surface area contributed by atoms with E-state index in [1.165, 1.54) is 38.5 Å². The highest BCUT2D eigenvalue weighted by Gasteiger charge is 2.05. The molecule has 0 radical (unpaired) electrons. The van der Waals surface area contributed by atoms with E-state index in [9.17, 15) is 0 Å². The Kier molecular flexibility index (Phi) is 3.30. The van der Waals surface area contributed by atoms with E-state index < -0.39 is 0 Å². The van der Waals surface area contributed by atoms with Crippen molar-refractivity contribution in [2.75, 3.05) is 5.32 Å². The zero-order chi connectivity index (χ0) is 15.8. The van der Waals surface area contributed by atoms with Crippen molar-refractivity contribution in [3.63, 3.8) is 0 Å². The Hall–Kier alpha value is -2.74. The largest absolute Gasteiger partial charge is 0.381 e. The van der Waals surface area contributed by atoms with Crippen molar-refractivity contribution >= 4 is 27.5 Å². The summed E-state index contributed by atoms with van der Waals surface area (Å²) in [4.78, 5) is 3.47. The topological polar surface area (TPSA) is 27.8 Å². The number of nitrogens with one attached hydrogen (secondary N) is 2. The summed E-state index contributed by atoms with van der Waals surface area (Å²) in [5.74, 6) is 0. The van der Waals surface area contributed by atoms with Crippen molar-refractivity contribution in [3.05, 3.63) is 77.4 Å². The second-order valence-electron chi connectivity index (χ2n) is 6.21. The molecule has 0 amide bonds. The summed E-state index contributed by atoms with van der Waals surface area (Å²) in [6, 6.07) is 21.6. The third kappa shape index (κ3) is 2.57. The number of hydrogen-bond acceptors (Lipinski definition) is 1. The molecule has 2 nitrogen and oxygen atoms in total. The summed E-state index contributed by atoms with van der Waals surface area (Å²) in [5, 5.41) is 6.11. The number of aryl methyl sites for hydroxylation is 2. The summed E-state index contributed by atoms with van der Waals surface area (Å²) in [6.45, 7) is 5.15. The van der Waals surface area contributed by atoms with E-state index in [1.54, 1.807) is 0 Å². The van der Waals surface area contributed by atoms with Crippen molar-refractivity contribution in [2.24, 2.45) is 0 Å². The molecule has 23 heavy (non-hydrogen) atoms. The minimum atomic E-state index is 0.849. The Morgan fingerprint density at radius 1 is 0.826 bits per heavy atom. The van der Waals surface area contributed by atoms with E-state index >= 15 is 0 Å². The van der Waals surface area contributed by atoms with Gasteiger partial charge in [-0.3, -0.25) is 0 Å². The summed E-state index contributed by atoms with van der Waals surface area (Å²) in [6.07, 6.45) is 0. The highest BCUT2D eigenvalue weighted by Crippen LogP contribution is 2.27. The molecule has 4 aromatic rings. The minimum absolute atomic E-state index is 0.849. The molecule has 3 aromatic carbocycles. The molecule has 0 aliphatic rings. The van der Waals surface area contributed by atoms with Gasteiger partial charge in [0, 0.05) is 34.0 Å². The van der Waals surface area contributed by atoms with E-state index in [1.807, 2.05) is 0 Å². The first kappa shape index (κ1) is 13.9. The van der Waals surface area contributed by atoms with Crippen molar-refractivity contribution in [1.82, 2.24) is 4.98 Å². The van der Waals surface area contributed by atoms with Gasteiger partial charge in [-0.2, -0.15) is 0 Å². The second-order valence-corrected chi connectivity index (χ2v) is 6.21. The molecule has 4 rings (SSSR count). The van der Waals surface area contributed by atoms with E-state index in [0.29, 0.717) is 0 Å². The van der Waals surface area contributed by atoms with Crippen molar-refractivity contribution < 1.29 is 0 Å². The molecule has 114 valence electrons. The van der Waals surface area contributed by atoms with Gasteiger partial charge in [0.25, 0.3) is 0 Å². The molecule has 0 saturated heterocycles. The van der Waals surface area contributed by atoms with Crippen LogP contribution in [0.4, 0.5) is 5.69 Å². The van der Waals surface area contributed by atoms with Gasteiger partial charge in [-0.15, -0.1) is 0 Å². The number of benzene rings is 3. The smallest absolute Gasteiger partial charge is 0.0466 e. The number of aromatic amines is 1. The van der Waals surface area contributed by atoms with Crippen LogP contribution in [0.2, 0.25) is 0 Å². The fraction of sp³-hybridized carbons (Fsp3) is 0.143. The van der Waals surface area contributed by atoms with Gasteiger partial charge in [-0.05, 0) is 49.2 Å². The molecule has 1 heterocycles. The lowest BCUT2D eigenvalue weighted by Gasteiger charge is -2.10. The first-order chi connectivity index (χ1) is 11.2. The number of anilines is 1. The number of hydrogen-bond donors (Lipinski definition) is 2. The van der Waals surface area contributed by atoms with Gasteiger partial charge in [-0.25, -0.2) is 0 Å². The quantitative estimate of drug-likeness (QED) is 0.510. The maximum atomic E-state index is 3.56. The number of H-pyrrole nitrogens is 1. The van der Waals surface area contributed by atoms with Gasteiger partial charge in [0.2, 0.25) is 0 Å². The van der Waals surface area contributed by atoms with Gasteiger partial charge < -0.3 is 10.3 Å². The van der Waals surface area contributed by atoms with Gasteiger partial charge in [0.1, 0.15) is 0 Å². The lowest BCUT2D eigenvalue weighted by atomic mass is 10.1. The Balaban J connectivity index is 1.66. The standard InChI is InChI=1S/C21H20N2/c1-14-7-8-15(2)16(11-14)13-22-17-9-10-21-19(12-17)18-5-3-4-6-20(18)23-21/h3-12,22-23H,13H2,1-2H3. The normalized spacial score (nSPS) is 11.2. The van der Waals surface area contributed by atoms with E-state index in [-0.39, 0.29) is 0 Å². The molecule has 0 saturated carbocycles. The Bertz CT molecular complexity index is 995. The van der Waals surface area contributed by atoms with Crippen LogP contribution in [0.15, 0.2) is 60.7 Å². The van der Waals surface area contributed by atoms with E-state index in [4.69, 9.17) is 0 Å². The van der Waals surface area contributed by atoms with Crippen molar-refractivity contribution in [3.8, 4) is 0 Å². The highest BCUT2D eigenvalue weighted by atomic mass is 14.9. The zero-order valence-corrected chi connectivity index (χ0v) is 13.5. The summed E-state index contributed by atoms with van der Waals surface area (Å²) < 4.78 is 0. The maximum Gasteiger partial charge on any atom is 0.0466 e. The molecule has 0 fully saturated rings. The van der Waals surface area contributed by atoms with Gasteiger partial charge in [0.05, 0.1) is 0 Å². The Morgan fingerprint density at radius 3 is 2.57 bits per heavy atom. The summed E-state index contributed by atoms with van der Waals surface area (Å²) in [7, 11) is 0. The first-order valence-electron chi connectivity index (χ1n) is 8.01. The fourth-order valence-corrected chi connectivity index (χ4v) is 3.15. The number of para-hydroxylation sites is 1. The van der Waals surface area contributed by atoms with Crippen LogP contribution in [0, 0.1) is 13.8 Å². The molecule has 0 aliphatic heterocycles. The molecule has 1 aromatic heterocycles. The predicted octanol–water partition coefficient (Wildman–Crippen LogP) is 5.55. The van der Waals surface area contributed by atoms with Crippen LogP contribution in [-0.2, 0) is 6.54 Å². The summed E-state index contributed by atoms with van der Waals surface area (Å²) in [5.41, 5.74) is 7.51. The fourth-order valence-electron chi connectivity index (χ4n) is 3.15. The molecule has 2 heteroatoms. The molecular formula is C21H20N2. The van der Waals surface area contributed by atoms with Crippen LogP contribution < -0.4 is 5.32 Å². The van der Waals surface area contributed by atoms with Gasteiger partial charge in [-0.1, -0.05) is 42.0 Å². The van der Waals surface area contributed by atoms with E-state index in [2.05, 4.69) is 84.8 Å². The van der Waals surface area contributed by atoms with Crippen LogP contribution in [0.5, 0.6) is 0 Å². The van der Waals surface area contributed by atoms with Gasteiger partial charge in [0.15, 0.2) is 0 Å². The number of aromatic nitrogens is 1. The van der Waals surface area contributed by atoms with Crippen LogP contribution >= 0.6 is 0 Å². The lowest BCUT2D eigenvalue weighted by molar-refractivity contribution is 1.11. The molecular weight excluding hydrogens is 280 g/mol. The summed E-state index contributed by atoms with van der Waals surface area (Å²) >= 11 is 0. The molecule has 0 bridgehead atoms. The molecule has 0 aliphatic carbocycles. The van der Waals surface area contributed by atoms with Crippen LogP contribution in [0.1, 0.15) is 16.7 Å². The zero-order valence-electron chi connectivity index (χ0n) is 13.5. The molecule has 0 atom stereocenters. The Morgan fingerprint density at radius 2 is 1.65 bits per heavy atom. The number of fused-ring (bicyclic) bond motifs is 3. The highest BCUT2D eigenvalue weighted by molar-refractivity contribution is 6.08. The van der Waals surface area contributed by atoms with Crippen molar-refractivity contribution in [2.45, 2.75) is 20.4 Å². The SMILES string of the molecule is Cc1ccc(C)c(CNc2ccc3[nH]c4ccccc4c3c2)c1. The monoisotopic (exact) mass is 300 g/mol. The van der Waals surface area contributed by atoms with Crippen LogP contribution in [0.3, 0.4) is 0 Å². The van der Waals surface area contributed by atoms with Crippen LogP contribution in [-0.4, -0.2) is 4.98 Å². The van der Waals surface area contributed by atoms with Crippen molar-refractivity contribution in [1.29, 1.82) is 0 Å². The Labute approximate surface area is 136 Å². The number of rotatable bonds is 3. The van der Waals surface area contributed by atoms with Crippen LogP contribution in [0.25, 0.3) is 21.8 Å². The first-order valence-corrected chi connectivity index (χ1v) is 8.01. The minimum Gasteiger partial charge on any atom is -0.381 e. The lowest BCUT2D eigenvalue weighted by Crippen LogP contribution is -2.01. The average Bonchev–Trinajstić information content (AvgIpc) is 2.94. The van der Waals surface area contributed by atoms with Gasteiger partial charge >= 0.3 is 0 Å². The second kappa shape index (κ2) is 5.47. The molecule has 0 spiro atoms. The third-order valence-electron chi connectivity index (χ3n) is 4.49. The maximum absolute atomic E-state index is 3.56. The van der Waals surface area contributed by atoms with E-state index in [0.717, 1.165) is 12.2 Å². The molecule has 0 unspecified atom stereocenters. The third-order valence-corrected chi connectivity index (χ3v) is 4.49. The average molecular weight is 300 g/mol.